The second-order valence-corrected chi connectivity index (χ2v) is 9.76. The van der Waals surface area contributed by atoms with Crippen LogP contribution in [0.1, 0.15) is 57.4 Å². The summed E-state index contributed by atoms with van der Waals surface area (Å²) in [6.07, 6.45) is 7.79. The van der Waals surface area contributed by atoms with Crippen molar-refractivity contribution in [2.45, 2.75) is 69.2 Å². The first-order valence-electron chi connectivity index (χ1n) is 9.83. The number of nitrogens with zero attached hydrogens (tertiary/aromatic N) is 1. The number of carbonyl (C=O) groups excluding carboxylic acids is 1. The molecule has 1 heterocycles. The molecule has 5 nitrogen and oxygen atoms in total. The van der Waals surface area contributed by atoms with E-state index < -0.39 is 10.0 Å². The molecule has 26 heavy (non-hydrogen) atoms. The van der Waals surface area contributed by atoms with E-state index in [0.717, 1.165) is 37.7 Å². The van der Waals surface area contributed by atoms with Crippen LogP contribution in [0.15, 0.2) is 29.2 Å². The smallest absolute Gasteiger partial charge is 0.243 e. The third kappa shape index (κ3) is 4.86. The molecule has 1 aliphatic carbocycles. The van der Waals surface area contributed by atoms with Gasteiger partial charge in [-0.15, -0.1) is 0 Å². The van der Waals surface area contributed by atoms with Gasteiger partial charge in [-0.05, 0) is 49.3 Å². The summed E-state index contributed by atoms with van der Waals surface area (Å²) in [5.74, 6) is 0.698. The zero-order valence-electron chi connectivity index (χ0n) is 15.6. The van der Waals surface area contributed by atoms with Crippen LogP contribution in [0.3, 0.4) is 0 Å². The summed E-state index contributed by atoms with van der Waals surface area (Å²) in [5.41, 5.74) is 0.851. The molecule has 1 aromatic rings. The van der Waals surface area contributed by atoms with E-state index in [1.807, 2.05) is 0 Å². The highest BCUT2D eigenvalue weighted by Gasteiger charge is 2.26. The van der Waals surface area contributed by atoms with Crippen LogP contribution in [-0.4, -0.2) is 37.8 Å². The average Bonchev–Trinajstić information content (AvgIpc) is 2.63. The molecule has 1 saturated carbocycles. The van der Waals surface area contributed by atoms with E-state index >= 15 is 0 Å². The van der Waals surface area contributed by atoms with Gasteiger partial charge in [0.1, 0.15) is 0 Å². The van der Waals surface area contributed by atoms with Crippen molar-refractivity contribution in [1.29, 1.82) is 0 Å². The van der Waals surface area contributed by atoms with Gasteiger partial charge in [0.15, 0.2) is 0 Å². The topological polar surface area (TPSA) is 66.5 Å². The highest BCUT2D eigenvalue weighted by Crippen LogP contribution is 2.24. The lowest BCUT2D eigenvalue weighted by atomic mass is 9.87. The first-order chi connectivity index (χ1) is 12.4. The van der Waals surface area contributed by atoms with Crippen molar-refractivity contribution in [2.75, 3.05) is 13.1 Å². The molecule has 2 fully saturated rings. The summed E-state index contributed by atoms with van der Waals surface area (Å²) in [6.45, 7) is 3.44. The molecule has 1 saturated heterocycles. The molecule has 1 N–H and O–H groups in total. The van der Waals surface area contributed by atoms with Crippen LogP contribution in [-0.2, 0) is 21.2 Å². The second kappa shape index (κ2) is 8.53. The van der Waals surface area contributed by atoms with Crippen molar-refractivity contribution in [2.24, 2.45) is 5.92 Å². The Labute approximate surface area is 157 Å². The van der Waals surface area contributed by atoms with Gasteiger partial charge in [0.05, 0.1) is 11.3 Å². The van der Waals surface area contributed by atoms with Crippen LogP contribution < -0.4 is 5.32 Å². The van der Waals surface area contributed by atoms with Gasteiger partial charge in [0.2, 0.25) is 15.9 Å². The van der Waals surface area contributed by atoms with Crippen molar-refractivity contribution in [3.8, 4) is 0 Å². The molecule has 0 bridgehead atoms. The Hall–Kier alpha value is -1.40. The summed E-state index contributed by atoms with van der Waals surface area (Å²) >= 11 is 0. The van der Waals surface area contributed by atoms with Crippen molar-refractivity contribution < 1.29 is 13.2 Å². The van der Waals surface area contributed by atoms with Gasteiger partial charge in [-0.3, -0.25) is 4.79 Å². The van der Waals surface area contributed by atoms with Crippen molar-refractivity contribution in [1.82, 2.24) is 9.62 Å². The maximum atomic E-state index is 12.7. The Kier molecular flexibility index (Phi) is 6.35. The van der Waals surface area contributed by atoms with Gasteiger partial charge in [0.25, 0.3) is 0 Å². The highest BCUT2D eigenvalue weighted by atomic mass is 32.2. The predicted molar refractivity (Wildman–Crippen MR) is 102 cm³/mol. The van der Waals surface area contributed by atoms with Gasteiger partial charge < -0.3 is 5.32 Å². The van der Waals surface area contributed by atoms with Gasteiger partial charge in [-0.1, -0.05) is 38.3 Å². The SMILES string of the molecule is CC1CCCC(NC(=O)Cc2ccc(S(=O)(=O)N3CCCCC3)cc2)C1. The van der Waals surface area contributed by atoms with E-state index in [4.69, 9.17) is 0 Å². The minimum atomic E-state index is -3.40. The maximum Gasteiger partial charge on any atom is 0.243 e. The average molecular weight is 379 g/mol. The minimum absolute atomic E-state index is 0.0238. The molecular formula is C20H30N2O3S. The lowest BCUT2D eigenvalue weighted by Gasteiger charge is -2.27. The molecule has 0 radical (unpaired) electrons. The Morgan fingerprint density at radius 2 is 1.77 bits per heavy atom. The van der Waals surface area contributed by atoms with E-state index in [9.17, 15) is 13.2 Å². The van der Waals surface area contributed by atoms with Gasteiger partial charge >= 0.3 is 0 Å². The zero-order chi connectivity index (χ0) is 18.6. The number of hydrogen-bond acceptors (Lipinski definition) is 3. The van der Waals surface area contributed by atoms with Gasteiger partial charge in [0, 0.05) is 19.1 Å². The largest absolute Gasteiger partial charge is 0.353 e. The fourth-order valence-electron chi connectivity index (χ4n) is 4.06. The molecule has 1 amide bonds. The number of rotatable bonds is 5. The lowest BCUT2D eigenvalue weighted by Crippen LogP contribution is -2.38. The summed E-state index contributed by atoms with van der Waals surface area (Å²) in [4.78, 5) is 12.6. The number of sulfonamides is 1. The molecule has 2 atom stereocenters. The van der Waals surface area contributed by atoms with Crippen LogP contribution in [0.25, 0.3) is 0 Å². The molecule has 0 aromatic heterocycles. The standard InChI is InChI=1S/C20H30N2O3S/c1-16-6-5-7-18(14-16)21-20(23)15-17-8-10-19(11-9-17)26(24,25)22-12-3-2-4-13-22/h8-11,16,18H,2-7,12-15H2,1H3,(H,21,23). The van der Waals surface area contributed by atoms with Crippen molar-refractivity contribution in [3.63, 3.8) is 0 Å². The fourth-order valence-corrected chi connectivity index (χ4v) is 5.58. The van der Waals surface area contributed by atoms with Crippen LogP contribution in [0.2, 0.25) is 0 Å². The number of nitrogens with one attached hydrogen (secondary N) is 1. The lowest BCUT2D eigenvalue weighted by molar-refractivity contribution is -0.121. The number of amides is 1. The molecule has 6 heteroatoms. The summed E-state index contributed by atoms with van der Waals surface area (Å²) in [6, 6.07) is 7.08. The quantitative estimate of drug-likeness (QED) is 0.856. The number of benzene rings is 1. The summed E-state index contributed by atoms with van der Waals surface area (Å²) in [7, 11) is -3.40. The third-order valence-electron chi connectivity index (χ3n) is 5.54. The Balaban J connectivity index is 1.57. The van der Waals surface area contributed by atoms with E-state index in [0.29, 0.717) is 30.3 Å². The van der Waals surface area contributed by atoms with Crippen molar-refractivity contribution >= 4 is 15.9 Å². The molecule has 3 rings (SSSR count). The molecule has 0 spiro atoms. The summed E-state index contributed by atoms with van der Waals surface area (Å²) in [5, 5.41) is 3.13. The molecule has 2 aliphatic rings. The monoisotopic (exact) mass is 378 g/mol. The van der Waals surface area contributed by atoms with Crippen LogP contribution in [0.4, 0.5) is 0 Å². The Morgan fingerprint density at radius 3 is 2.42 bits per heavy atom. The number of carbonyl (C=O) groups is 1. The predicted octanol–water partition coefficient (Wildman–Crippen LogP) is 3.10. The van der Waals surface area contributed by atoms with Crippen LogP contribution in [0, 0.1) is 5.92 Å². The fraction of sp³-hybridized carbons (Fsp3) is 0.650. The van der Waals surface area contributed by atoms with Gasteiger partial charge in [-0.25, -0.2) is 8.42 Å². The van der Waals surface area contributed by atoms with E-state index in [1.54, 1.807) is 28.6 Å². The van der Waals surface area contributed by atoms with Crippen LogP contribution >= 0.6 is 0 Å². The highest BCUT2D eigenvalue weighted by molar-refractivity contribution is 7.89. The summed E-state index contributed by atoms with van der Waals surface area (Å²) < 4.78 is 26.9. The normalized spacial score (nSPS) is 25.0. The van der Waals surface area contributed by atoms with Crippen molar-refractivity contribution in [3.05, 3.63) is 29.8 Å². The van der Waals surface area contributed by atoms with Crippen LogP contribution in [0.5, 0.6) is 0 Å². The first-order valence-corrected chi connectivity index (χ1v) is 11.3. The minimum Gasteiger partial charge on any atom is -0.353 e. The molecule has 1 aliphatic heterocycles. The molecule has 144 valence electrons. The second-order valence-electron chi connectivity index (χ2n) is 7.82. The first kappa shape index (κ1) is 19.4. The number of piperidine rings is 1. The Bertz CT molecular complexity index is 709. The van der Waals surface area contributed by atoms with Gasteiger partial charge in [-0.2, -0.15) is 4.31 Å². The Morgan fingerprint density at radius 1 is 1.08 bits per heavy atom. The third-order valence-corrected chi connectivity index (χ3v) is 7.46. The van der Waals surface area contributed by atoms with E-state index in [2.05, 4.69) is 12.2 Å². The zero-order valence-corrected chi connectivity index (χ0v) is 16.4. The molecule has 1 aromatic carbocycles. The molecular weight excluding hydrogens is 348 g/mol. The molecule has 2 unspecified atom stereocenters. The van der Waals surface area contributed by atoms with E-state index in [1.165, 1.54) is 12.8 Å². The maximum absolute atomic E-state index is 12.7. The number of hydrogen-bond donors (Lipinski definition) is 1. The van der Waals surface area contributed by atoms with E-state index in [-0.39, 0.29) is 11.9 Å².